The highest BCUT2D eigenvalue weighted by molar-refractivity contribution is 5.58. The van der Waals surface area contributed by atoms with Crippen LogP contribution in [0.5, 0.6) is 5.75 Å². The van der Waals surface area contributed by atoms with Gasteiger partial charge < -0.3 is 10.5 Å². The van der Waals surface area contributed by atoms with Gasteiger partial charge in [0.2, 0.25) is 5.95 Å². The highest BCUT2D eigenvalue weighted by Crippen LogP contribution is 2.26. The van der Waals surface area contributed by atoms with Crippen LogP contribution < -0.4 is 10.5 Å². The van der Waals surface area contributed by atoms with Gasteiger partial charge in [-0.2, -0.15) is 4.98 Å². The van der Waals surface area contributed by atoms with Crippen LogP contribution >= 0.6 is 0 Å². The number of hydrogen-bond donors (Lipinski definition) is 1. The van der Waals surface area contributed by atoms with Crippen LogP contribution in [0, 0.1) is 0 Å². The van der Waals surface area contributed by atoms with Gasteiger partial charge in [0, 0.05) is 12.6 Å². The van der Waals surface area contributed by atoms with Gasteiger partial charge in [-0.05, 0) is 12.1 Å². The third-order valence-electron chi connectivity index (χ3n) is 2.12. The van der Waals surface area contributed by atoms with Crippen LogP contribution in [0.3, 0.4) is 0 Å². The van der Waals surface area contributed by atoms with Gasteiger partial charge in [0.05, 0.1) is 0 Å². The average Bonchev–Trinajstić information content (AvgIpc) is 2.57. The number of alkyl halides is 3. The third-order valence-corrected chi connectivity index (χ3v) is 2.12. The largest absolute Gasteiger partial charge is 0.573 e. The number of rotatable bonds is 2. The minimum Gasteiger partial charge on any atom is -0.406 e. The molecule has 5 nitrogen and oxygen atoms in total. The topological polar surface area (TPSA) is 66.0 Å². The molecule has 0 amide bonds. The summed E-state index contributed by atoms with van der Waals surface area (Å²) in [5, 5.41) is 3.96. The molecular weight excluding hydrogens is 249 g/mol. The van der Waals surface area contributed by atoms with E-state index in [4.69, 9.17) is 5.73 Å². The lowest BCUT2D eigenvalue weighted by molar-refractivity contribution is -0.274. The maximum atomic E-state index is 12.1. The van der Waals surface area contributed by atoms with Crippen LogP contribution in [-0.4, -0.2) is 21.1 Å². The van der Waals surface area contributed by atoms with E-state index in [1.54, 1.807) is 13.1 Å². The molecule has 2 rings (SSSR count). The Morgan fingerprint density at radius 2 is 2.06 bits per heavy atom. The summed E-state index contributed by atoms with van der Waals surface area (Å²) in [7, 11) is 1.59. The van der Waals surface area contributed by atoms with Crippen molar-refractivity contribution >= 4 is 5.95 Å². The first kappa shape index (κ1) is 12.2. The van der Waals surface area contributed by atoms with Crippen molar-refractivity contribution in [2.24, 2.45) is 7.05 Å². The van der Waals surface area contributed by atoms with E-state index in [9.17, 15) is 13.2 Å². The van der Waals surface area contributed by atoms with E-state index in [0.717, 1.165) is 0 Å². The highest BCUT2D eigenvalue weighted by atomic mass is 19.4. The van der Waals surface area contributed by atoms with E-state index in [1.165, 1.54) is 22.9 Å². The van der Waals surface area contributed by atoms with Crippen molar-refractivity contribution < 1.29 is 17.9 Å². The Morgan fingerprint density at radius 1 is 1.33 bits per heavy atom. The van der Waals surface area contributed by atoms with Gasteiger partial charge in [-0.25, -0.2) is 4.68 Å². The maximum Gasteiger partial charge on any atom is 0.573 e. The molecule has 0 aliphatic rings. The molecule has 0 fully saturated rings. The summed E-state index contributed by atoms with van der Waals surface area (Å²) >= 11 is 0. The monoisotopic (exact) mass is 258 g/mol. The van der Waals surface area contributed by atoms with Crippen LogP contribution in [0.4, 0.5) is 19.1 Å². The Hall–Kier alpha value is -2.25. The van der Waals surface area contributed by atoms with E-state index in [-0.39, 0.29) is 17.5 Å². The minimum absolute atomic E-state index is 0.173. The molecule has 0 bridgehead atoms. The lowest BCUT2D eigenvalue weighted by atomic mass is 10.2. The minimum atomic E-state index is -4.73. The summed E-state index contributed by atoms with van der Waals surface area (Å²) < 4.78 is 41.3. The molecule has 0 spiro atoms. The van der Waals surface area contributed by atoms with Gasteiger partial charge in [-0.15, -0.1) is 18.3 Å². The smallest absolute Gasteiger partial charge is 0.406 e. The number of benzene rings is 1. The van der Waals surface area contributed by atoms with Crippen molar-refractivity contribution in [3.63, 3.8) is 0 Å². The average molecular weight is 258 g/mol. The molecular formula is C10H9F3N4O. The van der Waals surface area contributed by atoms with E-state index in [0.29, 0.717) is 5.56 Å². The zero-order valence-corrected chi connectivity index (χ0v) is 9.27. The van der Waals surface area contributed by atoms with Crippen LogP contribution in [0.15, 0.2) is 24.3 Å². The quantitative estimate of drug-likeness (QED) is 0.894. The van der Waals surface area contributed by atoms with Crippen LogP contribution in [0.2, 0.25) is 0 Å². The molecule has 8 heteroatoms. The fourth-order valence-electron chi connectivity index (χ4n) is 1.35. The molecule has 2 N–H and O–H groups in total. The van der Waals surface area contributed by atoms with Crippen LogP contribution in [0.25, 0.3) is 11.4 Å². The lowest BCUT2D eigenvalue weighted by Crippen LogP contribution is -2.17. The van der Waals surface area contributed by atoms with Crippen LogP contribution in [-0.2, 0) is 7.05 Å². The Kier molecular flexibility index (Phi) is 2.85. The molecule has 1 aromatic carbocycles. The normalized spacial score (nSPS) is 11.6. The van der Waals surface area contributed by atoms with Gasteiger partial charge in [0.25, 0.3) is 0 Å². The van der Waals surface area contributed by atoms with E-state index >= 15 is 0 Å². The number of nitrogens with zero attached hydrogens (tertiary/aromatic N) is 3. The van der Waals surface area contributed by atoms with Crippen LogP contribution in [0.1, 0.15) is 0 Å². The van der Waals surface area contributed by atoms with Crippen molar-refractivity contribution in [2.45, 2.75) is 6.36 Å². The molecule has 0 unspecified atom stereocenters. The molecule has 18 heavy (non-hydrogen) atoms. The summed E-state index contributed by atoms with van der Waals surface area (Å²) in [5.41, 5.74) is 5.89. The fourth-order valence-corrected chi connectivity index (χ4v) is 1.35. The number of aromatic nitrogens is 3. The van der Waals surface area contributed by atoms with Gasteiger partial charge in [-0.3, -0.25) is 0 Å². The second-order valence-electron chi connectivity index (χ2n) is 3.49. The Bertz CT molecular complexity index is 545. The van der Waals surface area contributed by atoms with Crippen molar-refractivity contribution in [3.05, 3.63) is 24.3 Å². The van der Waals surface area contributed by atoms with E-state index in [2.05, 4.69) is 14.8 Å². The number of nitrogens with two attached hydrogens (primary N) is 1. The number of nitrogen functional groups attached to an aromatic ring is 1. The first-order valence-corrected chi connectivity index (χ1v) is 4.88. The zero-order chi connectivity index (χ0) is 13.3. The predicted molar refractivity (Wildman–Crippen MR) is 57.5 cm³/mol. The summed E-state index contributed by atoms with van der Waals surface area (Å²) in [6, 6.07) is 5.38. The van der Waals surface area contributed by atoms with Crippen molar-refractivity contribution in [1.29, 1.82) is 0 Å². The molecule has 1 aromatic heterocycles. The fraction of sp³-hybridized carbons (Fsp3) is 0.200. The zero-order valence-electron chi connectivity index (χ0n) is 9.27. The molecule has 0 atom stereocenters. The molecule has 96 valence electrons. The van der Waals surface area contributed by atoms with Gasteiger partial charge in [0.1, 0.15) is 5.75 Å². The summed E-state index contributed by atoms with van der Waals surface area (Å²) in [6.07, 6.45) is -4.73. The lowest BCUT2D eigenvalue weighted by Gasteiger charge is -2.08. The van der Waals surface area contributed by atoms with Crippen molar-refractivity contribution in [2.75, 3.05) is 5.73 Å². The summed E-state index contributed by atoms with van der Waals surface area (Å²) in [6.45, 7) is 0. The summed E-state index contributed by atoms with van der Waals surface area (Å²) in [4.78, 5) is 3.91. The predicted octanol–water partition coefficient (Wildman–Crippen LogP) is 1.96. The summed E-state index contributed by atoms with van der Waals surface area (Å²) in [5.74, 6) is 0.0841. The number of aryl methyl sites for hydroxylation is 1. The number of ether oxygens (including phenoxy) is 1. The Morgan fingerprint density at radius 3 is 2.61 bits per heavy atom. The number of anilines is 1. The molecule has 0 aliphatic carbocycles. The number of halogens is 3. The first-order valence-electron chi connectivity index (χ1n) is 4.88. The first-order chi connectivity index (χ1) is 8.35. The van der Waals surface area contributed by atoms with Gasteiger partial charge >= 0.3 is 6.36 Å². The second-order valence-corrected chi connectivity index (χ2v) is 3.49. The van der Waals surface area contributed by atoms with E-state index in [1.807, 2.05) is 0 Å². The molecule has 1 heterocycles. The molecule has 0 aliphatic heterocycles. The molecule has 0 radical (unpaired) electrons. The van der Waals surface area contributed by atoms with E-state index < -0.39 is 6.36 Å². The molecule has 2 aromatic rings. The van der Waals surface area contributed by atoms with Gasteiger partial charge in [-0.1, -0.05) is 12.1 Å². The Labute approximate surface area is 100.0 Å². The SMILES string of the molecule is Cn1nc(-c2cccc(OC(F)(F)F)c2)nc1N. The molecule has 0 saturated carbocycles. The van der Waals surface area contributed by atoms with Crippen molar-refractivity contribution in [3.8, 4) is 17.1 Å². The Balaban J connectivity index is 2.32. The standard InChI is InChI=1S/C10H9F3N4O/c1-17-9(14)15-8(16-17)6-3-2-4-7(5-6)18-10(11,12)13/h2-5H,1H3,(H2,14,15,16). The van der Waals surface area contributed by atoms with Crippen molar-refractivity contribution in [1.82, 2.24) is 14.8 Å². The highest BCUT2D eigenvalue weighted by Gasteiger charge is 2.31. The second kappa shape index (κ2) is 4.21. The molecule has 0 saturated heterocycles. The number of hydrogen-bond acceptors (Lipinski definition) is 4. The maximum absolute atomic E-state index is 12.1. The van der Waals surface area contributed by atoms with Gasteiger partial charge in [0.15, 0.2) is 5.82 Å². The third kappa shape index (κ3) is 2.70.